The van der Waals surface area contributed by atoms with E-state index in [0.717, 1.165) is 31.6 Å². The first-order chi connectivity index (χ1) is 8.63. The molecule has 0 amide bonds. The molecule has 2 heterocycles. The lowest BCUT2D eigenvalue weighted by molar-refractivity contribution is 0.641. The van der Waals surface area contributed by atoms with Crippen LogP contribution in [0.2, 0.25) is 0 Å². The molecule has 1 aliphatic heterocycles. The first-order valence-electron chi connectivity index (χ1n) is 6.74. The van der Waals surface area contributed by atoms with Crippen molar-refractivity contribution in [1.82, 2.24) is 9.78 Å². The van der Waals surface area contributed by atoms with E-state index < -0.39 is 0 Å². The van der Waals surface area contributed by atoms with Crippen molar-refractivity contribution in [2.75, 3.05) is 29.5 Å². The molecule has 1 fully saturated rings. The zero-order chi connectivity index (χ0) is 13.1. The number of aromatic nitrogens is 2. The molecule has 1 aliphatic rings. The van der Waals surface area contributed by atoms with Crippen LogP contribution in [0, 0.1) is 6.92 Å². The second kappa shape index (κ2) is 5.97. The maximum Gasteiger partial charge on any atom is 0.130 e. The molecule has 0 aromatic carbocycles. The molecule has 0 aliphatic carbocycles. The quantitative estimate of drug-likeness (QED) is 0.900. The van der Waals surface area contributed by atoms with Crippen LogP contribution in [0.15, 0.2) is 0 Å². The molecule has 0 bridgehead atoms. The van der Waals surface area contributed by atoms with Crippen molar-refractivity contribution >= 4 is 17.6 Å². The Balaban J connectivity index is 2.26. The van der Waals surface area contributed by atoms with E-state index in [9.17, 15) is 0 Å². The largest absolute Gasteiger partial charge is 0.355 e. The molecule has 4 nitrogen and oxygen atoms in total. The molecular formula is C13H24N4S. The van der Waals surface area contributed by atoms with Gasteiger partial charge in [0.15, 0.2) is 0 Å². The summed E-state index contributed by atoms with van der Waals surface area (Å²) in [5.74, 6) is 3.71. The van der Waals surface area contributed by atoms with Crippen LogP contribution in [0.3, 0.4) is 0 Å². The molecule has 0 spiro atoms. The van der Waals surface area contributed by atoms with Crippen molar-refractivity contribution in [2.45, 2.75) is 32.7 Å². The number of anilines is 1. The van der Waals surface area contributed by atoms with Gasteiger partial charge in [-0.05, 0) is 19.8 Å². The van der Waals surface area contributed by atoms with Crippen LogP contribution in [0.4, 0.5) is 5.82 Å². The Hall–Kier alpha value is -0.680. The summed E-state index contributed by atoms with van der Waals surface area (Å²) in [6.07, 6.45) is 1.96. The molecule has 1 aromatic rings. The van der Waals surface area contributed by atoms with E-state index in [1.165, 1.54) is 22.9 Å². The maximum atomic E-state index is 6.12. The fraction of sp³-hybridized carbons (Fsp3) is 0.769. The molecular weight excluding hydrogens is 244 g/mol. The van der Waals surface area contributed by atoms with Crippen molar-refractivity contribution in [1.29, 1.82) is 0 Å². The summed E-state index contributed by atoms with van der Waals surface area (Å²) >= 11 is 2.03. The van der Waals surface area contributed by atoms with Gasteiger partial charge in [-0.25, -0.2) is 0 Å². The van der Waals surface area contributed by atoms with Crippen LogP contribution in [0.25, 0.3) is 0 Å². The van der Waals surface area contributed by atoms with Gasteiger partial charge in [0.25, 0.3) is 0 Å². The fourth-order valence-electron chi connectivity index (χ4n) is 2.51. The third-order valence-corrected chi connectivity index (χ3v) is 4.56. The van der Waals surface area contributed by atoms with E-state index in [0.29, 0.717) is 0 Å². The number of nitrogens with two attached hydrogens (primary N) is 1. The van der Waals surface area contributed by atoms with Gasteiger partial charge in [-0.2, -0.15) is 16.9 Å². The summed E-state index contributed by atoms with van der Waals surface area (Å²) in [6.45, 7) is 6.49. The van der Waals surface area contributed by atoms with Crippen molar-refractivity contribution in [3.05, 3.63) is 11.3 Å². The van der Waals surface area contributed by atoms with Gasteiger partial charge in [-0.3, -0.25) is 4.68 Å². The molecule has 102 valence electrons. The van der Waals surface area contributed by atoms with E-state index in [2.05, 4.69) is 23.8 Å². The fourth-order valence-corrected chi connectivity index (χ4v) is 3.41. The van der Waals surface area contributed by atoms with Crippen molar-refractivity contribution in [2.24, 2.45) is 12.8 Å². The number of aryl methyl sites for hydroxylation is 2. The van der Waals surface area contributed by atoms with Crippen LogP contribution in [0.5, 0.6) is 0 Å². The Bertz CT molecular complexity index is 396. The molecule has 5 heteroatoms. The summed E-state index contributed by atoms with van der Waals surface area (Å²) in [5.41, 5.74) is 8.60. The van der Waals surface area contributed by atoms with Gasteiger partial charge in [-0.1, -0.05) is 6.92 Å². The molecule has 2 N–H and O–H groups in total. The average Bonchev–Trinajstić information content (AvgIpc) is 2.65. The summed E-state index contributed by atoms with van der Waals surface area (Å²) in [7, 11) is 2.05. The molecule has 2 rings (SSSR count). The second-order valence-electron chi connectivity index (χ2n) is 4.98. The number of thioether (sulfide) groups is 1. The Morgan fingerprint density at radius 3 is 2.67 bits per heavy atom. The number of hydrogen-bond donors (Lipinski definition) is 1. The molecule has 1 saturated heterocycles. The van der Waals surface area contributed by atoms with Gasteiger partial charge >= 0.3 is 0 Å². The maximum absolute atomic E-state index is 6.12. The lowest BCUT2D eigenvalue weighted by atomic mass is 10.0. The van der Waals surface area contributed by atoms with Crippen LogP contribution in [0.1, 0.15) is 24.6 Å². The monoisotopic (exact) mass is 268 g/mol. The standard InChI is InChI=1S/C13H24N4S/c1-4-11(14)9-12-10(2)15-16(3)13(12)17-5-7-18-8-6-17/h11H,4-9,14H2,1-3H3. The minimum atomic E-state index is 0.241. The van der Waals surface area contributed by atoms with Gasteiger partial charge in [0.1, 0.15) is 5.82 Å². The third-order valence-electron chi connectivity index (χ3n) is 3.61. The van der Waals surface area contributed by atoms with E-state index in [-0.39, 0.29) is 6.04 Å². The zero-order valence-corrected chi connectivity index (χ0v) is 12.5. The lowest BCUT2D eigenvalue weighted by Gasteiger charge is -2.29. The van der Waals surface area contributed by atoms with Crippen LogP contribution in [-0.2, 0) is 13.5 Å². The summed E-state index contributed by atoms with van der Waals surface area (Å²) < 4.78 is 2.03. The molecule has 0 saturated carbocycles. The SMILES string of the molecule is CCC(N)Cc1c(C)nn(C)c1N1CCSCC1. The first-order valence-corrected chi connectivity index (χ1v) is 7.89. The Morgan fingerprint density at radius 2 is 2.06 bits per heavy atom. The number of hydrogen-bond acceptors (Lipinski definition) is 4. The normalized spacial score (nSPS) is 18.1. The highest BCUT2D eigenvalue weighted by Gasteiger charge is 2.22. The zero-order valence-electron chi connectivity index (χ0n) is 11.6. The predicted molar refractivity (Wildman–Crippen MR) is 79.5 cm³/mol. The van der Waals surface area contributed by atoms with Gasteiger partial charge < -0.3 is 10.6 Å². The summed E-state index contributed by atoms with van der Waals surface area (Å²) in [5, 5.41) is 4.59. The van der Waals surface area contributed by atoms with E-state index in [1.54, 1.807) is 0 Å². The average molecular weight is 268 g/mol. The molecule has 1 aromatic heterocycles. The summed E-state index contributed by atoms with van der Waals surface area (Å²) in [6, 6.07) is 0.241. The number of nitrogens with zero attached hydrogens (tertiary/aromatic N) is 3. The van der Waals surface area contributed by atoms with Gasteiger partial charge in [0, 0.05) is 43.2 Å². The third kappa shape index (κ3) is 2.83. The second-order valence-corrected chi connectivity index (χ2v) is 6.21. The molecule has 0 radical (unpaired) electrons. The molecule has 1 unspecified atom stereocenters. The molecule has 1 atom stereocenters. The smallest absolute Gasteiger partial charge is 0.130 e. The van der Waals surface area contributed by atoms with E-state index in [1.807, 2.05) is 23.5 Å². The highest BCUT2D eigenvalue weighted by Crippen LogP contribution is 2.27. The number of rotatable bonds is 4. The van der Waals surface area contributed by atoms with Gasteiger partial charge in [0.2, 0.25) is 0 Å². The Morgan fingerprint density at radius 1 is 1.39 bits per heavy atom. The van der Waals surface area contributed by atoms with Crippen molar-refractivity contribution < 1.29 is 0 Å². The van der Waals surface area contributed by atoms with E-state index in [4.69, 9.17) is 5.73 Å². The topological polar surface area (TPSA) is 47.1 Å². The first kappa shape index (κ1) is 13.7. The van der Waals surface area contributed by atoms with Crippen molar-refractivity contribution in [3.8, 4) is 0 Å². The van der Waals surface area contributed by atoms with Crippen LogP contribution < -0.4 is 10.6 Å². The van der Waals surface area contributed by atoms with Gasteiger partial charge in [0.05, 0.1) is 5.69 Å². The predicted octanol–water partition coefficient (Wildman–Crippen LogP) is 1.56. The minimum absolute atomic E-state index is 0.241. The lowest BCUT2D eigenvalue weighted by Crippen LogP contribution is -2.35. The minimum Gasteiger partial charge on any atom is -0.355 e. The molecule has 18 heavy (non-hydrogen) atoms. The van der Waals surface area contributed by atoms with Crippen LogP contribution >= 0.6 is 11.8 Å². The Labute approximate surface area is 114 Å². The van der Waals surface area contributed by atoms with Gasteiger partial charge in [-0.15, -0.1) is 0 Å². The highest BCUT2D eigenvalue weighted by molar-refractivity contribution is 7.99. The summed E-state index contributed by atoms with van der Waals surface area (Å²) in [4.78, 5) is 2.47. The van der Waals surface area contributed by atoms with E-state index >= 15 is 0 Å². The Kier molecular flexibility index (Phi) is 4.56. The van der Waals surface area contributed by atoms with Crippen molar-refractivity contribution in [3.63, 3.8) is 0 Å². The highest BCUT2D eigenvalue weighted by atomic mass is 32.2. The van der Waals surface area contributed by atoms with Crippen LogP contribution in [-0.4, -0.2) is 40.4 Å².